The quantitative estimate of drug-likeness (QED) is 0.164. The number of aliphatic imine (C=N–C) groups is 1. The highest BCUT2D eigenvalue weighted by Crippen LogP contribution is 2.25. The maximum atomic E-state index is 13.7. The fourth-order valence-corrected chi connectivity index (χ4v) is 1.46. The highest BCUT2D eigenvalue weighted by molar-refractivity contribution is 6.15. The lowest BCUT2D eigenvalue weighted by molar-refractivity contribution is -0.135. The van der Waals surface area contributed by atoms with Gasteiger partial charge in [-0.2, -0.15) is 0 Å². The molecule has 0 spiro atoms. The SMILES string of the molecule is COC(=O)C(C=N[C@@H](C)CO)=C(O)c1cc(F)c(F)c(F)c1F. The Hall–Kier alpha value is -2.42. The van der Waals surface area contributed by atoms with Crippen LogP contribution in [0.25, 0.3) is 5.76 Å². The Morgan fingerprint density at radius 1 is 1.30 bits per heavy atom. The second-order valence-corrected chi connectivity index (χ2v) is 4.41. The van der Waals surface area contributed by atoms with Crippen molar-refractivity contribution in [3.63, 3.8) is 0 Å². The highest BCUT2D eigenvalue weighted by Gasteiger charge is 2.24. The number of aliphatic hydroxyl groups excluding tert-OH is 2. The summed E-state index contributed by atoms with van der Waals surface area (Å²) in [6, 6.07) is -0.482. The summed E-state index contributed by atoms with van der Waals surface area (Å²) in [6.45, 7) is 1.07. The molecule has 1 aromatic carbocycles. The molecule has 0 unspecified atom stereocenters. The van der Waals surface area contributed by atoms with Crippen molar-refractivity contribution in [2.24, 2.45) is 4.99 Å². The van der Waals surface area contributed by atoms with Crippen molar-refractivity contribution in [3.8, 4) is 0 Å². The molecule has 5 nitrogen and oxygen atoms in total. The molecule has 0 aliphatic rings. The molecule has 0 aliphatic carbocycles. The fourth-order valence-electron chi connectivity index (χ4n) is 1.46. The molecule has 0 amide bonds. The van der Waals surface area contributed by atoms with Crippen molar-refractivity contribution in [2.75, 3.05) is 13.7 Å². The first-order chi connectivity index (χ1) is 10.7. The van der Waals surface area contributed by atoms with Crippen LogP contribution in [-0.2, 0) is 9.53 Å². The first-order valence-electron chi connectivity index (χ1n) is 6.23. The fraction of sp³-hybridized carbons (Fsp3) is 0.286. The average molecular weight is 335 g/mol. The second-order valence-electron chi connectivity index (χ2n) is 4.41. The van der Waals surface area contributed by atoms with Crippen LogP contribution >= 0.6 is 0 Å². The minimum atomic E-state index is -2.14. The van der Waals surface area contributed by atoms with Crippen LogP contribution in [0.2, 0.25) is 0 Å². The lowest BCUT2D eigenvalue weighted by Gasteiger charge is -2.09. The van der Waals surface area contributed by atoms with E-state index >= 15 is 0 Å². The number of benzene rings is 1. The van der Waals surface area contributed by atoms with E-state index in [4.69, 9.17) is 5.11 Å². The third-order valence-electron chi connectivity index (χ3n) is 2.74. The Morgan fingerprint density at radius 3 is 2.43 bits per heavy atom. The molecule has 9 heteroatoms. The molecule has 0 bridgehead atoms. The van der Waals surface area contributed by atoms with Gasteiger partial charge in [0.2, 0.25) is 0 Å². The van der Waals surface area contributed by atoms with E-state index in [1.54, 1.807) is 0 Å². The molecular weight excluding hydrogens is 322 g/mol. The van der Waals surface area contributed by atoms with Gasteiger partial charge >= 0.3 is 5.97 Å². The van der Waals surface area contributed by atoms with Crippen molar-refractivity contribution in [3.05, 3.63) is 40.5 Å². The molecule has 2 N–H and O–H groups in total. The van der Waals surface area contributed by atoms with Gasteiger partial charge in [0.25, 0.3) is 0 Å². The summed E-state index contributed by atoms with van der Waals surface area (Å²) in [7, 11) is 0.946. The Bertz CT molecular complexity index is 673. The predicted octanol–water partition coefficient (Wildman–Crippen LogP) is 2.14. The Kier molecular flexibility index (Phi) is 6.26. The molecule has 0 saturated carbocycles. The molecule has 0 aliphatic heterocycles. The van der Waals surface area contributed by atoms with Crippen molar-refractivity contribution >= 4 is 17.9 Å². The van der Waals surface area contributed by atoms with Gasteiger partial charge in [0, 0.05) is 6.21 Å². The number of halogens is 4. The van der Waals surface area contributed by atoms with Gasteiger partial charge in [-0.25, -0.2) is 22.4 Å². The minimum absolute atomic E-state index is 0.190. The minimum Gasteiger partial charge on any atom is -0.506 e. The number of methoxy groups -OCH3 is 1. The van der Waals surface area contributed by atoms with Gasteiger partial charge in [0.1, 0.15) is 11.3 Å². The van der Waals surface area contributed by atoms with Crippen molar-refractivity contribution in [2.45, 2.75) is 13.0 Å². The first-order valence-corrected chi connectivity index (χ1v) is 6.23. The number of rotatable bonds is 5. The molecule has 0 aromatic heterocycles. The molecule has 23 heavy (non-hydrogen) atoms. The first kappa shape index (κ1) is 18.6. The van der Waals surface area contributed by atoms with Gasteiger partial charge < -0.3 is 14.9 Å². The zero-order valence-electron chi connectivity index (χ0n) is 12.1. The number of carbonyl (C=O) groups is 1. The zero-order valence-corrected chi connectivity index (χ0v) is 12.1. The Morgan fingerprint density at radius 2 is 1.91 bits per heavy atom. The summed E-state index contributed by atoms with van der Waals surface area (Å²) in [6.07, 6.45) is 0.751. The lowest BCUT2D eigenvalue weighted by Crippen LogP contribution is -2.13. The standard InChI is InChI=1S/C14H13F4NO4/c1-6(5-20)19-4-8(14(22)23-2)13(21)7-3-9(15)11(17)12(18)10(7)16/h3-4,6,20-21H,5H2,1-2H3/t6-/m0/s1. The van der Waals surface area contributed by atoms with Gasteiger partial charge in [-0.3, -0.25) is 4.99 Å². The molecule has 126 valence electrons. The molecule has 1 aromatic rings. The van der Waals surface area contributed by atoms with Gasteiger partial charge in [-0.15, -0.1) is 0 Å². The van der Waals surface area contributed by atoms with Crippen molar-refractivity contribution in [1.29, 1.82) is 0 Å². The third kappa shape index (κ3) is 4.07. The lowest BCUT2D eigenvalue weighted by atomic mass is 10.1. The van der Waals surface area contributed by atoms with Crippen LogP contribution in [-0.4, -0.2) is 42.2 Å². The maximum absolute atomic E-state index is 13.7. The third-order valence-corrected chi connectivity index (χ3v) is 2.74. The van der Waals surface area contributed by atoms with Crippen molar-refractivity contribution < 1.29 is 37.3 Å². The monoisotopic (exact) mass is 335 g/mol. The van der Waals surface area contributed by atoms with E-state index < -0.39 is 52.2 Å². The van der Waals surface area contributed by atoms with Crippen LogP contribution in [0, 0.1) is 23.3 Å². The Labute approximate surface area is 128 Å². The summed E-state index contributed by atoms with van der Waals surface area (Å²) >= 11 is 0. The van der Waals surface area contributed by atoms with Gasteiger partial charge in [-0.1, -0.05) is 0 Å². The average Bonchev–Trinajstić information content (AvgIpc) is 2.55. The van der Waals surface area contributed by atoms with Crippen LogP contribution in [0.15, 0.2) is 16.6 Å². The molecule has 1 atom stereocenters. The van der Waals surface area contributed by atoms with Crippen molar-refractivity contribution in [1.82, 2.24) is 0 Å². The van der Waals surface area contributed by atoms with Gasteiger partial charge in [0.15, 0.2) is 23.3 Å². The van der Waals surface area contributed by atoms with E-state index in [-0.39, 0.29) is 12.7 Å². The smallest absolute Gasteiger partial charge is 0.343 e. The number of aliphatic hydroxyl groups is 2. The molecule has 0 saturated heterocycles. The van der Waals surface area contributed by atoms with E-state index in [1.807, 2.05) is 0 Å². The van der Waals surface area contributed by atoms with Crippen LogP contribution < -0.4 is 0 Å². The van der Waals surface area contributed by atoms with E-state index in [1.165, 1.54) is 6.92 Å². The van der Waals surface area contributed by atoms with E-state index in [9.17, 15) is 27.5 Å². The summed E-state index contributed by atoms with van der Waals surface area (Å²) in [5.41, 5.74) is -1.80. The van der Waals surface area contributed by atoms with Crippen LogP contribution in [0.5, 0.6) is 0 Å². The topological polar surface area (TPSA) is 79.1 Å². The van der Waals surface area contributed by atoms with Crippen LogP contribution in [0.4, 0.5) is 17.6 Å². The number of ether oxygens (including phenoxy) is 1. The van der Waals surface area contributed by atoms with Crippen LogP contribution in [0.3, 0.4) is 0 Å². The number of hydrogen-bond donors (Lipinski definition) is 2. The second kappa shape index (κ2) is 7.73. The summed E-state index contributed by atoms with van der Waals surface area (Å²) < 4.78 is 57.4. The summed E-state index contributed by atoms with van der Waals surface area (Å²) in [4.78, 5) is 15.3. The van der Waals surface area contributed by atoms with E-state index in [2.05, 4.69) is 9.73 Å². The summed E-state index contributed by atoms with van der Waals surface area (Å²) in [5.74, 6) is -10.2. The normalized spacial score (nSPS) is 13.9. The molecule has 0 radical (unpaired) electrons. The Balaban J connectivity index is 3.53. The molecule has 0 fully saturated rings. The van der Waals surface area contributed by atoms with E-state index in [0.717, 1.165) is 13.3 Å². The van der Waals surface area contributed by atoms with E-state index in [0.29, 0.717) is 0 Å². The zero-order chi connectivity index (χ0) is 17.7. The molecule has 0 heterocycles. The number of carbonyl (C=O) groups excluding carboxylic acids is 1. The van der Waals surface area contributed by atoms with Gasteiger partial charge in [-0.05, 0) is 13.0 Å². The number of esters is 1. The predicted molar refractivity (Wildman–Crippen MR) is 72.9 cm³/mol. The maximum Gasteiger partial charge on any atom is 0.343 e. The number of nitrogens with zero attached hydrogens (tertiary/aromatic N) is 1. The summed E-state index contributed by atoms with van der Waals surface area (Å²) in [5, 5.41) is 18.8. The number of hydrogen-bond acceptors (Lipinski definition) is 5. The largest absolute Gasteiger partial charge is 0.506 e. The molecule has 1 rings (SSSR count). The highest BCUT2D eigenvalue weighted by atomic mass is 19.2. The van der Waals surface area contributed by atoms with Gasteiger partial charge in [0.05, 0.1) is 25.3 Å². The van der Waals surface area contributed by atoms with Crippen LogP contribution in [0.1, 0.15) is 12.5 Å². The molecular formula is C14H13F4NO4.